The van der Waals surface area contributed by atoms with Crippen molar-refractivity contribution in [2.45, 2.75) is 75.7 Å². The lowest BCUT2D eigenvalue weighted by atomic mass is 9.86. The monoisotopic (exact) mass is 630 g/mol. The van der Waals surface area contributed by atoms with Crippen molar-refractivity contribution in [2.24, 2.45) is 5.92 Å². The molecule has 1 fully saturated rings. The first-order valence-electron chi connectivity index (χ1n) is 15.1. The molecule has 11 heteroatoms. The summed E-state index contributed by atoms with van der Waals surface area (Å²) in [7, 11) is 1.70. The van der Waals surface area contributed by atoms with E-state index in [9.17, 15) is 19.5 Å². The molecule has 1 heterocycles. The molecule has 4 amide bonds. The molecule has 1 aliphatic carbocycles. The number of rotatable bonds is 12. The van der Waals surface area contributed by atoms with Crippen molar-refractivity contribution in [2.75, 3.05) is 26.8 Å². The van der Waals surface area contributed by atoms with Crippen LogP contribution in [0.3, 0.4) is 0 Å². The number of amides is 4. The van der Waals surface area contributed by atoms with E-state index in [-0.39, 0.29) is 30.9 Å². The second-order valence-corrected chi connectivity index (χ2v) is 12.9. The molecule has 2 aromatic rings. The molecule has 0 unspecified atom stereocenters. The molecule has 0 saturated heterocycles. The zero-order valence-corrected chi connectivity index (χ0v) is 26.4. The Morgan fingerprint density at radius 3 is 2.70 bits per heavy atom. The molecule has 43 heavy (non-hydrogen) atoms. The van der Waals surface area contributed by atoms with Crippen LogP contribution in [0.15, 0.2) is 48.5 Å². The minimum Gasteiger partial charge on any atom is -0.491 e. The van der Waals surface area contributed by atoms with E-state index in [0.29, 0.717) is 50.0 Å². The standard InChI is InChI=1S/C32H43ClN4O5S/c1-36(20-24-10-7-12-26(33)18-24)32(41)35-43-29(19-23-8-3-2-4-9-23)31(40)34-27(22-38)14-15-30(39)37-16-17-42-28-13-6-5-11-25(28)21-37/h5-7,10-13,18,23,27,29,38H,2-4,8-9,14-17,19-22H2,1H3,(H,34,40)(H,35,41)/t27-,29-/m0/s1. The van der Waals surface area contributed by atoms with Crippen LogP contribution in [-0.4, -0.2) is 70.8 Å². The summed E-state index contributed by atoms with van der Waals surface area (Å²) < 4.78 is 8.64. The third-order valence-corrected chi connectivity index (χ3v) is 9.31. The van der Waals surface area contributed by atoms with Gasteiger partial charge in [0.1, 0.15) is 17.6 Å². The van der Waals surface area contributed by atoms with E-state index >= 15 is 0 Å². The van der Waals surface area contributed by atoms with Crippen molar-refractivity contribution in [1.29, 1.82) is 0 Å². The molecule has 2 aromatic carbocycles. The highest BCUT2D eigenvalue weighted by Crippen LogP contribution is 2.30. The Balaban J connectivity index is 1.31. The third-order valence-electron chi connectivity index (χ3n) is 8.09. The van der Waals surface area contributed by atoms with Gasteiger partial charge in [0.05, 0.1) is 19.2 Å². The number of aliphatic hydroxyl groups excluding tert-OH is 1. The Kier molecular flexibility index (Phi) is 12.9. The van der Waals surface area contributed by atoms with Gasteiger partial charge in [-0.05, 0) is 54.5 Å². The highest BCUT2D eigenvalue weighted by atomic mass is 35.5. The molecule has 234 valence electrons. The first-order chi connectivity index (χ1) is 20.8. The molecule has 0 spiro atoms. The number of nitrogens with zero attached hydrogens (tertiary/aromatic N) is 2. The average Bonchev–Trinajstić information content (AvgIpc) is 3.24. The van der Waals surface area contributed by atoms with Gasteiger partial charge in [-0.2, -0.15) is 0 Å². The van der Waals surface area contributed by atoms with Crippen molar-refractivity contribution in [3.8, 4) is 5.75 Å². The Bertz CT molecular complexity index is 1230. The van der Waals surface area contributed by atoms with E-state index in [2.05, 4.69) is 10.0 Å². The van der Waals surface area contributed by atoms with Crippen LogP contribution in [-0.2, 0) is 22.7 Å². The third kappa shape index (κ3) is 10.3. The van der Waals surface area contributed by atoms with Crippen molar-refractivity contribution in [3.05, 3.63) is 64.7 Å². The van der Waals surface area contributed by atoms with Crippen molar-refractivity contribution >= 4 is 41.4 Å². The summed E-state index contributed by atoms with van der Waals surface area (Å²) in [6.45, 7) is 1.47. The molecule has 2 atom stereocenters. The lowest BCUT2D eigenvalue weighted by Crippen LogP contribution is -2.45. The van der Waals surface area contributed by atoms with Crippen LogP contribution in [0.5, 0.6) is 5.75 Å². The minimum atomic E-state index is -0.567. The molecule has 0 aromatic heterocycles. The number of carbonyl (C=O) groups is 3. The summed E-state index contributed by atoms with van der Waals surface area (Å²) in [5, 5.41) is 13.1. The summed E-state index contributed by atoms with van der Waals surface area (Å²) in [5.74, 6) is 0.913. The van der Waals surface area contributed by atoms with Crippen LogP contribution in [0.1, 0.15) is 62.5 Å². The second kappa shape index (κ2) is 16.8. The molecule has 4 rings (SSSR count). The van der Waals surface area contributed by atoms with Gasteiger partial charge in [0, 0.05) is 37.1 Å². The Labute approximate surface area is 263 Å². The number of hydrogen-bond donors (Lipinski definition) is 3. The Morgan fingerprint density at radius 1 is 1.14 bits per heavy atom. The zero-order chi connectivity index (χ0) is 30.6. The van der Waals surface area contributed by atoms with E-state index in [0.717, 1.165) is 54.5 Å². The van der Waals surface area contributed by atoms with Crippen molar-refractivity contribution in [1.82, 2.24) is 19.8 Å². The normalized spacial score (nSPS) is 16.7. The number of hydrogen-bond acceptors (Lipinski definition) is 6. The topological polar surface area (TPSA) is 111 Å². The van der Waals surface area contributed by atoms with Crippen LogP contribution >= 0.6 is 23.5 Å². The van der Waals surface area contributed by atoms with Gasteiger partial charge in [-0.15, -0.1) is 0 Å². The van der Waals surface area contributed by atoms with Gasteiger partial charge >= 0.3 is 6.03 Å². The van der Waals surface area contributed by atoms with E-state index in [4.69, 9.17) is 16.3 Å². The average molecular weight is 631 g/mol. The van der Waals surface area contributed by atoms with E-state index in [1.54, 1.807) is 22.9 Å². The Hall–Kier alpha value is -2.95. The minimum absolute atomic E-state index is 0.0452. The summed E-state index contributed by atoms with van der Waals surface area (Å²) in [4.78, 5) is 42.8. The highest BCUT2D eigenvalue weighted by molar-refractivity contribution is 7.99. The van der Waals surface area contributed by atoms with Gasteiger partial charge < -0.3 is 25.0 Å². The van der Waals surface area contributed by atoms with Crippen LogP contribution in [0.4, 0.5) is 4.79 Å². The number of para-hydroxylation sites is 1. The van der Waals surface area contributed by atoms with Crippen LogP contribution in [0.25, 0.3) is 0 Å². The quantitative estimate of drug-likeness (QED) is 0.280. The molecule has 1 aliphatic heterocycles. The lowest BCUT2D eigenvalue weighted by molar-refractivity contribution is -0.132. The van der Waals surface area contributed by atoms with Gasteiger partial charge in [0.15, 0.2) is 0 Å². The smallest absolute Gasteiger partial charge is 0.327 e. The van der Waals surface area contributed by atoms with Crippen LogP contribution < -0.4 is 14.8 Å². The predicted molar refractivity (Wildman–Crippen MR) is 170 cm³/mol. The number of fused-ring (bicyclic) bond motifs is 1. The van der Waals surface area contributed by atoms with Crippen LogP contribution in [0, 0.1) is 5.92 Å². The fraction of sp³-hybridized carbons (Fsp3) is 0.531. The summed E-state index contributed by atoms with van der Waals surface area (Å²) >= 11 is 7.20. The maximum atomic E-state index is 13.5. The number of carbonyl (C=O) groups excluding carboxylic acids is 3. The SMILES string of the molecule is CN(Cc1cccc(Cl)c1)C(=O)NS[C@@H](CC1CCCCC1)C(=O)N[C@H](CO)CCC(=O)N1CCOc2ccccc2C1. The maximum Gasteiger partial charge on any atom is 0.327 e. The number of urea groups is 1. The molecule has 2 aliphatic rings. The number of ether oxygens (including phenoxy) is 1. The largest absolute Gasteiger partial charge is 0.491 e. The van der Waals surface area contributed by atoms with E-state index in [1.165, 1.54) is 6.42 Å². The van der Waals surface area contributed by atoms with E-state index in [1.807, 2.05) is 42.5 Å². The van der Waals surface area contributed by atoms with Gasteiger partial charge in [0.25, 0.3) is 0 Å². The number of halogens is 1. The second-order valence-electron chi connectivity index (χ2n) is 11.4. The fourth-order valence-electron chi connectivity index (χ4n) is 5.61. The number of nitrogens with one attached hydrogen (secondary N) is 2. The number of benzene rings is 2. The molecule has 0 radical (unpaired) electrons. The van der Waals surface area contributed by atoms with Crippen molar-refractivity contribution < 1.29 is 24.2 Å². The predicted octanol–water partition coefficient (Wildman–Crippen LogP) is 5.15. The van der Waals surface area contributed by atoms with Gasteiger partial charge in [0.2, 0.25) is 11.8 Å². The molecule has 0 bridgehead atoms. The van der Waals surface area contributed by atoms with Crippen molar-refractivity contribution in [3.63, 3.8) is 0 Å². The first kappa shape index (κ1) is 33.0. The van der Waals surface area contributed by atoms with Gasteiger partial charge in [-0.3, -0.25) is 14.3 Å². The summed E-state index contributed by atoms with van der Waals surface area (Å²) in [6.07, 6.45) is 6.77. The molecular formula is C32H43ClN4O5S. The van der Waals surface area contributed by atoms with E-state index < -0.39 is 11.3 Å². The lowest BCUT2D eigenvalue weighted by Gasteiger charge is -2.28. The van der Waals surface area contributed by atoms with Crippen LogP contribution in [0.2, 0.25) is 5.02 Å². The van der Waals surface area contributed by atoms with Gasteiger partial charge in [-0.25, -0.2) is 4.79 Å². The Morgan fingerprint density at radius 2 is 1.93 bits per heavy atom. The fourth-order valence-corrected chi connectivity index (χ4v) is 6.77. The first-order valence-corrected chi connectivity index (χ1v) is 16.4. The highest BCUT2D eigenvalue weighted by Gasteiger charge is 2.28. The molecule has 3 N–H and O–H groups in total. The molecule has 1 saturated carbocycles. The molecule has 9 nitrogen and oxygen atoms in total. The summed E-state index contributed by atoms with van der Waals surface area (Å²) in [5.41, 5.74) is 1.87. The molecular weight excluding hydrogens is 588 g/mol. The summed E-state index contributed by atoms with van der Waals surface area (Å²) in [6, 6.07) is 14.2. The van der Waals surface area contributed by atoms with Gasteiger partial charge in [-0.1, -0.05) is 74.0 Å². The number of aliphatic hydroxyl groups is 1. The zero-order valence-electron chi connectivity index (χ0n) is 24.8. The maximum absolute atomic E-state index is 13.5.